The predicted octanol–water partition coefficient (Wildman–Crippen LogP) is 0.111. The normalized spacial score (nSPS) is 17.7. The van der Waals surface area contributed by atoms with Gasteiger partial charge in [-0.3, -0.25) is 9.48 Å². The molecule has 0 aromatic carbocycles. The largest absolute Gasteiger partial charge is 0.366 e. The fourth-order valence-electron chi connectivity index (χ4n) is 1.89. The number of hydrogen-bond acceptors (Lipinski definition) is 3. The SMILES string of the molecule is NCCC1(Cn2cc(C(N)=O)cn2)CC1. The molecule has 0 atom stereocenters. The van der Waals surface area contributed by atoms with Crippen molar-refractivity contribution in [1.29, 1.82) is 0 Å². The third-order valence-corrected chi connectivity index (χ3v) is 3.05. The van der Waals surface area contributed by atoms with Gasteiger partial charge in [-0.05, 0) is 31.2 Å². The number of hydrogen-bond donors (Lipinski definition) is 2. The highest BCUT2D eigenvalue weighted by Crippen LogP contribution is 2.49. The molecule has 1 heterocycles. The Balaban J connectivity index is 2.02. The summed E-state index contributed by atoms with van der Waals surface area (Å²) in [5.74, 6) is -0.426. The molecule has 2 rings (SSSR count). The van der Waals surface area contributed by atoms with Crippen molar-refractivity contribution < 1.29 is 4.79 Å². The Morgan fingerprint density at radius 3 is 2.80 bits per heavy atom. The van der Waals surface area contributed by atoms with Gasteiger partial charge in [0.15, 0.2) is 0 Å². The Bertz CT molecular complexity index is 367. The van der Waals surface area contributed by atoms with E-state index in [0.29, 0.717) is 17.5 Å². The molecule has 1 amide bonds. The molecule has 1 saturated carbocycles. The number of aromatic nitrogens is 2. The maximum absolute atomic E-state index is 10.9. The molecule has 1 fully saturated rings. The van der Waals surface area contributed by atoms with Crippen LogP contribution in [0.4, 0.5) is 0 Å². The molecule has 5 nitrogen and oxygen atoms in total. The monoisotopic (exact) mass is 208 g/mol. The molecule has 1 aliphatic rings. The first kappa shape index (κ1) is 10.2. The van der Waals surface area contributed by atoms with E-state index in [4.69, 9.17) is 11.5 Å². The minimum atomic E-state index is -0.426. The Morgan fingerprint density at radius 1 is 1.60 bits per heavy atom. The van der Waals surface area contributed by atoms with Crippen LogP contribution in [-0.2, 0) is 6.54 Å². The third kappa shape index (κ3) is 2.18. The number of carbonyl (C=O) groups is 1. The van der Waals surface area contributed by atoms with Crippen molar-refractivity contribution in [3.05, 3.63) is 18.0 Å². The summed E-state index contributed by atoms with van der Waals surface area (Å²) in [4.78, 5) is 10.9. The molecule has 0 unspecified atom stereocenters. The van der Waals surface area contributed by atoms with Crippen molar-refractivity contribution in [3.8, 4) is 0 Å². The van der Waals surface area contributed by atoms with Crippen LogP contribution in [0.3, 0.4) is 0 Å². The number of nitrogens with two attached hydrogens (primary N) is 2. The zero-order chi connectivity index (χ0) is 10.9. The molecular weight excluding hydrogens is 192 g/mol. The molecule has 1 aromatic rings. The van der Waals surface area contributed by atoms with Crippen LogP contribution < -0.4 is 11.5 Å². The number of amides is 1. The van der Waals surface area contributed by atoms with Crippen LogP contribution >= 0.6 is 0 Å². The highest BCUT2D eigenvalue weighted by atomic mass is 16.1. The lowest BCUT2D eigenvalue weighted by Gasteiger charge is -2.13. The second kappa shape index (κ2) is 3.66. The first-order valence-electron chi connectivity index (χ1n) is 5.18. The lowest BCUT2D eigenvalue weighted by atomic mass is 10.0. The second-order valence-corrected chi connectivity index (χ2v) is 4.33. The molecule has 15 heavy (non-hydrogen) atoms. The second-order valence-electron chi connectivity index (χ2n) is 4.33. The van der Waals surface area contributed by atoms with Crippen LogP contribution in [0, 0.1) is 5.41 Å². The molecule has 0 saturated heterocycles. The summed E-state index contributed by atoms with van der Waals surface area (Å²) in [6.45, 7) is 1.56. The number of carbonyl (C=O) groups excluding carboxylic acids is 1. The highest BCUT2D eigenvalue weighted by molar-refractivity contribution is 5.92. The van der Waals surface area contributed by atoms with Crippen molar-refractivity contribution in [2.45, 2.75) is 25.8 Å². The van der Waals surface area contributed by atoms with Gasteiger partial charge in [0, 0.05) is 12.7 Å². The summed E-state index contributed by atoms with van der Waals surface area (Å²) in [7, 11) is 0. The van der Waals surface area contributed by atoms with Crippen LogP contribution in [0.1, 0.15) is 29.6 Å². The minimum absolute atomic E-state index is 0.329. The summed E-state index contributed by atoms with van der Waals surface area (Å²) >= 11 is 0. The molecule has 5 heteroatoms. The van der Waals surface area contributed by atoms with Gasteiger partial charge in [-0.15, -0.1) is 0 Å². The van der Waals surface area contributed by atoms with Crippen LogP contribution in [0.5, 0.6) is 0 Å². The Morgan fingerprint density at radius 2 is 2.33 bits per heavy atom. The van der Waals surface area contributed by atoms with Gasteiger partial charge in [0.2, 0.25) is 0 Å². The van der Waals surface area contributed by atoms with Crippen LogP contribution in [0.25, 0.3) is 0 Å². The molecule has 1 aliphatic carbocycles. The summed E-state index contributed by atoms with van der Waals surface area (Å²) in [6.07, 6.45) is 6.66. The standard InChI is InChI=1S/C10H16N4O/c11-4-3-10(1-2-10)7-14-6-8(5-13-14)9(12)15/h5-6H,1-4,7,11H2,(H2,12,15). The summed E-state index contributed by atoms with van der Waals surface area (Å²) in [5, 5.41) is 4.12. The molecular formula is C10H16N4O. The van der Waals surface area contributed by atoms with E-state index >= 15 is 0 Å². The quantitative estimate of drug-likeness (QED) is 0.720. The average Bonchev–Trinajstić information content (AvgIpc) is 2.77. The van der Waals surface area contributed by atoms with Crippen LogP contribution in [0.2, 0.25) is 0 Å². The van der Waals surface area contributed by atoms with Gasteiger partial charge >= 0.3 is 0 Å². The fraction of sp³-hybridized carbons (Fsp3) is 0.600. The molecule has 1 aromatic heterocycles. The Hall–Kier alpha value is -1.36. The fourth-order valence-corrected chi connectivity index (χ4v) is 1.89. The first-order valence-corrected chi connectivity index (χ1v) is 5.18. The molecule has 0 radical (unpaired) electrons. The van der Waals surface area contributed by atoms with Gasteiger partial charge in [-0.2, -0.15) is 5.10 Å². The van der Waals surface area contributed by atoms with E-state index in [1.54, 1.807) is 10.9 Å². The van der Waals surface area contributed by atoms with Crippen molar-refractivity contribution in [2.75, 3.05) is 6.54 Å². The first-order chi connectivity index (χ1) is 7.15. The van der Waals surface area contributed by atoms with Crippen LogP contribution in [-0.4, -0.2) is 22.2 Å². The average molecular weight is 208 g/mol. The van der Waals surface area contributed by atoms with Crippen molar-refractivity contribution in [1.82, 2.24) is 9.78 Å². The third-order valence-electron chi connectivity index (χ3n) is 3.05. The maximum Gasteiger partial charge on any atom is 0.251 e. The van der Waals surface area contributed by atoms with Gasteiger partial charge in [-0.25, -0.2) is 0 Å². The maximum atomic E-state index is 10.9. The lowest BCUT2D eigenvalue weighted by Crippen LogP contribution is -2.16. The number of primary amides is 1. The molecule has 82 valence electrons. The topological polar surface area (TPSA) is 86.9 Å². The van der Waals surface area contributed by atoms with E-state index in [-0.39, 0.29) is 0 Å². The zero-order valence-corrected chi connectivity index (χ0v) is 8.65. The van der Waals surface area contributed by atoms with E-state index in [0.717, 1.165) is 13.0 Å². The van der Waals surface area contributed by atoms with E-state index in [2.05, 4.69) is 5.10 Å². The Labute approximate surface area is 88.4 Å². The predicted molar refractivity (Wildman–Crippen MR) is 56.1 cm³/mol. The summed E-state index contributed by atoms with van der Waals surface area (Å²) < 4.78 is 1.79. The van der Waals surface area contributed by atoms with Crippen molar-refractivity contribution >= 4 is 5.91 Å². The lowest BCUT2D eigenvalue weighted by molar-refractivity contribution is 0.1000. The summed E-state index contributed by atoms with van der Waals surface area (Å²) in [5.41, 5.74) is 11.5. The van der Waals surface area contributed by atoms with Gasteiger partial charge in [0.25, 0.3) is 5.91 Å². The van der Waals surface area contributed by atoms with Crippen LogP contribution in [0.15, 0.2) is 12.4 Å². The smallest absolute Gasteiger partial charge is 0.251 e. The molecule has 0 bridgehead atoms. The van der Waals surface area contributed by atoms with E-state index < -0.39 is 5.91 Å². The number of nitrogens with zero attached hydrogens (tertiary/aromatic N) is 2. The molecule has 0 aliphatic heterocycles. The van der Waals surface area contributed by atoms with Gasteiger partial charge in [0.1, 0.15) is 0 Å². The molecule has 4 N–H and O–H groups in total. The summed E-state index contributed by atoms with van der Waals surface area (Å²) in [6, 6.07) is 0. The highest BCUT2D eigenvalue weighted by Gasteiger charge is 2.42. The van der Waals surface area contributed by atoms with Gasteiger partial charge in [0.05, 0.1) is 11.8 Å². The van der Waals surface area contributed by atoms with E-state index in [1.165, 1.54) is 19.0 Å². The zero-order valence-electron chi connectivity index (χ0n) is 8.65. The number of rotatable bonds is 5. The van der Waals surface area contributed by atoms with E-state index in [1.807, 2.05) is 0 Å². The Kier molecular flexibility index (Phi) is 2.48. The van der Waals surface area contributed by atoms with Gasteiger partial charge in [-0.1, -0.05) is 0 Å². The van der Waals surface area contributed by atoms with E-state index in [9.17, 15) is 4.79 Å². The van der Waals surface area contributed by atoms with Crippen molar-refractivity contribution in [3.63, 3.8) is 0 Å². The van der Waals surface area contributed by atoms with Gasteiger partial charge < -0.3 is 11.5 Å². The minimum Gasteiger partial charge on any atom is -0.366 e. The van der Waals surface area contributed by atoms with Crippen molar-refractivity contribution in [2.24, 2.45) is 16.9 Å². The molecule has 0 spiro atoms.